The van der Waals surface area contributed by atoms with Crippen LogP contribution in [0, 0.1) is 0 Å². The fourth-order valence-electron chi connectivity index (χ4n) is 2.76. The Hall–Kier alpha value is -2.49. The van der Waals surface area contributed by atoms with Gasteiger partial charge >= 0.3 is 0 Å². The molecule has 0 aromatic heterocycles. The lowest BCUT2D eigenvalue weighted by molar-refractivity contribution is 0.240. The molecule has 1 aliphatic heterocycles. The molecule has 0 aliphatic carbocycles. The minimum atomic E-state index is 0.526. The second kappa shape index (κ2) is 8.39. The second-order valence-electron chi connectivity index (χ2n) is 5.94. The van der Waals surface area contributed by atoms with Gasteiger partial charge in [-0.1, -0.05) is 30.3 Å². The highest BCUT2D eigenvalue weighted by atomic mass is 16.5. The Labute approximate surface area is 143 Å². The van der Waals surface area contributed by atoms with Gasteiger partial charge in [0.2, 0.25) is 0 Å². The molecule has 1 heterocycles. The van der Waals surface area contributed by atoms with Crippen LogP contribution in [0.2, 0.25) is 0 Å². The molecular weight excluding hydrogens is 300 g/mol. The van der Waals surface area contributed by atoms with E-state index in [0.717, 1.165) is 35.7 Å². The van der Waals surface area contributed by atoms with Gasteiger partial charge in [0.05, 0.1) is 13.3 Å². The molecule has 0 N–H and O–H groups in total. The first-order valence-electron chi connectivity index (χ1n) is 8.49. The zero-order valence-electron chi connectivity index (χ0n) is 14.1. The molecule has 0 spiro atoms. The summed E-state index contributed by atoms with van der Waals surface area (Å²) in [4.78, 5) is 0. The zero-order valence-corrected chi connectivity index (χ0v) is 14.1. The van der Waals surface area contributed by atoms with Crippen LogP contribution >= 0.6 is 0 Å². The Morgan fingerprint density at radius 1 is 1.00 bits per heavy atom. The van der Waals surface area contributed by atoms with Gasteiger partial charge in [-0.3, -0.25) is 5.01 Å². The van der Waals surface area contributed by atoms with Crippen LogP contribution in [0.4, 0.5) is 0 Å². The monoisotopic (exact) mass is 324 g/mol. The first kappa shape index (κ1) is 16.4. The van der Waals surface area contributed by atoms with Crippen molar-refractivity contribution in [1.82, 2.24) is 5.01 Å². The van der Waals surface area contributed by atoms with Crippen molar-refractivity contribution in [1.29, 1.82) is 0 Å². The summed E-state index contributed by atoms with van der Waals surface area (Å²) in [7, 11) is 1.66. The molecule has 0 bridgehead atoms. The van der Waals surface area contributed by atoms with E-state index in [9.17, 15) is 0 Å². The number of hydrogen-bond donors (Lipinski definition) is 0. The maximum absolute atomic E-state index is 5.88. The van der Waals surface area contributed by atoms with E-state index in [2.05, 4.69) is 10.1 Å². The van der Waals surface area contributed by atoms with E-state index in [-0.39, 0.29) is 0 Å². The van der Waals surface area contributed by atoms with Crippen LogP contribution in [0.15, 0.2) is 53.6 Å². The van der Waals surface area contributed by atoms with Gasteiger partial charge in [0, 0.05) is 13.1 Å². The molecule has 2 aromatic rings. The van der Waals surface area contributed by atoms with Crippen molar-refractivity contribution < 1.29 is 9.47 Å². The minimum Gasteiger partial charge on any atom is -0.493 e. The van der Waals surface area contributed by atoms with Gasteiger partial charge in [0.25, 0.3) is 0 Å². The van der Waals surface area contributed by atoms with E-state index >= 15 is 0 Å². The number of hydrogen-bond acceptors (Lipinski definition) is 4. The van der Waals surface area contributed by atoms with E-state index in [1.807, 2.05) is 54.7 Å². The topological polar surface area (TPSA) is 34.1 Å². The van der Waals surface area contributed by atoms with Gasteiger partial charge < -0.3 is 9.47 Å². The largest absolute Gasteiger partial charge is 0.493 e. The van der Waals surface area contributed by atoms with Gasteiger partial charge in [-0.25, -0.2) is 0 Å². The molecule has 0 saturated carbocycles. The van der Waals surface area contributed by atoms with Crippen molar-refractivity contribution in [3.8, 4) is 11.5 Å². The summed E-state index contributed by atoms with van der Waals surface area (Å²) in [6, 6.07) is 16.0. The normalized spacial score (nSPS) is 14.8. The third kappa shape index (κ3) is 4.51. The van der Waals surface area contributed by atoms with E-state index in [0.29, 0.717) is 6.61 Å². The maximum Gasteiger partial charge on any atom is 0.161 e. The van der Waals surface area contributed by atoms with Gasteiger partial charge in [-0.15, -0.1) is 0 Å². The predicted octanol–water partition coefficient (Wildman–Crippen LogP) is 4.09. The van der Waals surface area contributed by atoms with Gasteiger partial charge in [-0.05, 0) is 48.6 Å². The molecule has 0 radical (unpaired) electrons. The van der Waals surface area contributed by atoms with E-state index in [4.69, 9.17) is 9.47 Å². The summed E-state index contributed by atoms with van der Waals surface area (Å²) in [6.07, 6.45) is 5.67. The molecule has 0 atom stereocenters. The lowest BCUT2D eigenvalue weighted by atomic mass is 10.2. The Kier molecular flexibility index (Phi) is 5.72. The number of hydrazone groups is 1. The van der Waals surface area contributed by atoms with E-state index < -0.39 is 0 Å². The Bertz CT molecular complexity index is 665. The molecule has 2 aromatic carbocycles. The minimum absolute atomic E-state index is 0.526. The van der Waals surface area contributed by atoms with Crippen LogP contribution in [-0.2, 0) is 6.61 Å². The van der Waals surface area contributed by atoms with Gasteiger partial charge in [0.1, 0.15) is 6.61 Å². The fourth-order valence-corrected chi connectivity index (χ4v) is 2.76. The summed E-state index contributed by atoms with van der Waals surface area (Å²) in [5, 5.41) is 6.70. The quantitative estimate of drug-likeness (QED) is 0.750. The Morgan fingerprint density at radius 2 is 1.79 bits per heavy atom. The standard InChI is InChI=1S/C20H24N2O2/c1-23-20-14-18(15-21-22-12-6-3-7-13-22)10-11-19(20)24-16-17-8-4-2-5-9-17/h2,4-5,8-11,14-15H,3,6-7,12-13,16H2,1H3/b21-15-. The van der Waals surface area contributed by atoms with Crippen LogP contribution in [0.5, 0.6) is 11.5 Å². The van der Waals surface area contributed by atoms with Crippen molar-refractivity contribution in [2.45, 2.75) is 25.9 Å². The van der Waals surface area contributed by atoms with Crippen molar-refractivity contribution in [3.05, 3.63) is 59.7 Å². The first-order valence-corrected chi connectivity index (χ1v) is 8.49. The molecule has 4 heteroatoms. The zero-order chi connectivity index (χ0) is 16.6. The third-order valence-electron chi connectivity index (χ3n) is 4.13. The number of nitrogens with zero attached hydrogens (tertiary/aromatic N) is 2. The molecule has 3 rings (SSSR count). The van der Waals surface area contributed by atoms with Crippen LogP contribution in [0.3, 0.4) is 0 Å². The van der Waals surface area contributed by atoms with Crippen molar-refractivity contribution >= 4 is 6.21 Å². The second-order valence-corrected chi connectivity index (χ2v) is 5.94. The average Bonchev–Trinajstić information content (AvgIpc) is 2.66. The predicted molar refractivity (Wildman–Crippen MR) is 96.8 cm³/mol. The molecular formula is C20H24N2O2. The van der Waals surface area contributed by atoms with Crippen LogP contribution in [-0.4, -0.2) is 31.4 Å². The first-order chi connectivity index (χ1) is 11.8. The average molecular weight is 324 g/mol. The number of methoxy groups -OCH3 is 1. The number of benzene rings is 2. The highest BCUT2D eigenvalue weighted by Crippen LogP contribution is 2.28. The summed E-state index contributed by atoms with van der Waals surface area (Å²) >= 11 is 0. The van der Waals surface area contributed by atoms with Crippen molar-refractivity contribution in [2.24, 2.45) is 5.10 Å². The molecule has 4 nitrogen and oxygen atoms in total. The summed E-state index contributed by atoms with van der Waals surface area (Å²) in [5.74, 6) is 1.48. The highest BCUT2D eigenvalue weighted by molar-refractivity contribution is 5.80. The van der Waals surface area contributed by atoms with E-state index in [1.54, 1.807) is 7.11 Å². The fraction of sp³-hybridized carbons (Fsp3) is 0.350. The number of rotatable bonds is 6. The summed E-state index contributed by atoms with van der Waals surface area (Å²) < 4.78 is 11.3. The maximum atomic E-state index is 5.88. The smallest absolute Gasteiger partial charge is 0.161 e. The van der Waals surface area contributed by atoms with Crippen molar-refractivity contribution in [3.63, 3.8) is 0 Å². The van der Waals surface area contributed by atoms with Crippen molar-refractivity contribution in [2.75, 3.05) is 20.2 Å². The molecule has 1 fully saturated rings. The third-order valence-corrected chi connectivity index (χ3v) is 4.13. The molecule has 126 valence electrons. The van der Waals surface area contributed by atoms with Crippen LogP contribution < -0.4 is 9.47 Å². The van der Waals surface area contributed by atoms with E-state index in [1.165, 1.54) is 19.3 Å². The molecule has 0 unspecified atom stereocenters. The SMILES string of the molecule is COc1cc(/C=N\N2CCCCC2)ccc1OCc1ccccc1. The lowest BCUT2D eigenvalue weighted by Crippen LogP contribution is -2.24. The van der Waals surface area contributed by atoms with Crippen LogP contribution in [0.25, 0.3) is 0 Å². The highest BCUT2D eigenvalue weighted by Gasteiger charge is 2.08. The molecule has 1 saturated heterocycles. The number of piperidine rings is 1. The Balaban J connectivity index is 1.65. The molecule has 0 amide bonds. The van der Waals surface area contributed by atoms with Gasteiger partial charge in [0.15, 0.2) is 11.5 Å². The van der Waals surface area contributed by atoms with Gasteiger partial charge in [-0.2, -0.15) is 5.10 Å². The molecule has 1 aliphatic rings. The Morgan fingerprint density at radius 3 is 2.54 bits per heavy atom. The summed E-state index contributed by atoms with van der Waals surface area (Å²) in [5.41, 5.74) is 2.15. The lowest BCUT2D eigenvalue weighted by Gasteiger charge is -2.23. The molecule has 24 heavy (non-hydrogen) atoms. The number of ether oxygens (including phenoxy) is 2. The summed E-state index contributed by atoms with van der Waals surface area (Å²) in [6.45, 7) is 2.62. The van der Waals surface area contributed by atoms with Crippen LogP contribution in [0.1, 0.15) is 30.4 Å².